The van der Waals surface area contributed by atoms with E-state index < -0.39 is 0 Å². The molecule has 0 radical (unpaired) electrons. The van der Waals surface area contributed by atoms with Gasteiger partial charge in [-0.05, 0) is 48.9 Å². The fraction of sp³-hybridized carbons (Fsp3) is 0.125. The fourth-order valence-corrected chi connectivity index (χ4v) is 2.02. The minimum atomic E-state index is -0.365. The standard InChI is InChI=1S/C16H16ClN3O3/c1-2-23-14-8-10(7-13(17)15(14)21)9-19-20-16(22)11-3-5-12(18)6-4-11/h3-9,21H,2,18H2,1H3,(H,20,22)/b19-9-. The van der Waals surface area contributed by atoms with Crippen molar-refractivity contribution >= 4 is 29.4 Å². The van der Waals surface area contributed by atoms with Crippen molar-refractivity contribution in [1.29, 1.82) is 0 Å². The lowest BCUT2D eigenvalue weighted by Crippen LogP contribution is -2.17. The van der Waals surface area contributed by atoms with Gasteiger partial charge in [0, 0.05) is 11.3 Å². The van der Waals surface area contributed by atoms with Crippen LogP contribution in [0.3, 0.4) is 0 Å². The molecule has 2 aromatic rings. The molecule has 2 aromatic carbocycles. The lowest BCUT2D eigenvalue weighted by Gasteiger charge is -2.08. The monoisotopic (exact) mass is 333 g/mol. The van der Waals surface area contributed by atoms with Crippen molar-refractivity contribution in [3.8, 4) is 11.5 Å². The van der Waals surface area contributed by atoms with Crippen molar-refractivity contribution in [1.82, 2.24) is 5.43 Å². The molecular formula is C16H16ClN3O3. The molecule has 23 heavy (non-hydrogen) atoms. The molecule has 0 bridgehead atoms. The summed E-state index contributed by atoms with van der Waals surface area (Å²) < 4.78 is 5.27. The van der Waals surface area contributed by atoms with Crippen LogP contribution in [-0.2, 0) is 0 Å². The zero-order valence-corrected chi connectivity index (χ0v) is 13.2. The van der Waals surface area contributed by atoms with Gasteiger partial charge in [0.15, 0.2) is 11.5 Å². The third kappa shape index (κ3) is 4.37. The molecule has 0 aromatic heterocycles. The summed E-state index contributed by atoms with van der Waals surface area (Å²) in [5, 5.41) is 13.8. The minimum absolute atomic E-state index is 0.128. The molecule has 0 spiro atoms. The highest BCUT2D eigenvalue weighted by Gasteiger charge is 2.09. The number of nitrogens with two attached hydrogens (primary N) is 1. The van der Waals surface area contributed by atoms with E-state index in [2.05, 4.69) is 10.5 Å². The van der Waals surface area contributed by atoms with Crippen molar-refractivity contribution in [3.63, 3.8) is 0 Å². The maximum atomic E-state index is 11.9. The number of carbonyl (C=O) groups is 1. The number of nitrogens with one attached hydrogen (secondary N) is 1. The van der Waals surface area contributed by atoms with Crippen LogP contribution < -0.4 is 15.9 Å². The Hall–Kier alpha value is -2.73. The molecule has 2 rings (SSSR count). The predicted octanol–water partition coefficient (Wildman–Crippen LogP) is 2.79. The Kier molecular flexibility index (Phi) is 5.43. The van der Waals surface area contributed by atoms with Crippen LogP contribution in [0.2, 0.25) is 5.02 Å². The van der Waals surface area contributed by atoms with Gasteiger partial charge in [-0.15, -0.1) is 0 Å². The number of nitrogen functional groups attached to an aromatic ring is 1. The van der Waals surface area contributed by atoms with Crippen molar-refractivity contribution in [3.05, 3.63) is 52.5 Å². The quantitative estimate of drug-likeness (QED) is 0.445. The number of carbonyl (C=O) groups excluding carboxylic acids is 1. The maximum absolute atomic E-state index is 11.9. The number of hydrogen-bond acceptors (Lipinski definition) is 5. The van der Waals surface area contributed by atoms with Crippen LogP contribution in [0.4, 0.5) is 5.69 Å². The molecule has 6 nitrogen and oxygen atoms in total. The van der Waals surface area contributed by atoms with E-state index in [9.17, 15) is 9.90 Å². The van der Waals surface area contributed by atoms with Gasteiger partial charge >= 0.3 is 0 Å². The molecule has 1 amide bonds. The van der Waals surface area contributed by atoms with Gasteiger partial charge in [0.05, 0.1) is 17.8 Å². The highest BCUT2D eigenvalue weighted by atomic mass is 35.5. The van der Waals surface area contributed by atoms with E-state index in [1.807, 2.05) is 0 Å². The number of phenolic OH excluding ortho intramolecular Hbond substituents is 1. The average Bonchev–Trinajstić information content (AvgIpc) is 2.53. The Morgan fingerprint density at radius 1 is 1.39 bits per heavy atom. The minimum Gasteiger partial charge on any atom is -0.503 e. The third-order valence-electron chi connectivity index (χ3n) is 2.90. The maximum Gasteiger partial charge on any atom is 0.271 e. The molecule has 0 heterocycles. The van der Waals surface area contributed by atoms with Crippen molar-refractivity contribution < 1.29 is 14.6 Å². The van der Waals surface area contributed by atoms with Gasteiger partial charge in [-0.1, -0.05) is 11.6 Å². The summed E-state index contributed by atoms with van der Waals surface area (Å²) >= 11 is 5.92. The molecule has 7 heteroatoms. The van der Waals surface area contributed by atoms with E-state index in [4.69, 9.17) is 22.1 Å². The molecule has 0 saturated heterocycles. The van der Waals surface area contributed by atoms with Crippen LogP contribution in [0.1, 0.15) is 22.8 Å². The van der Waals surface area contributed by atoms with E-state index >= 15 is 0 Å². The molecule has 4 N–H and O–H groups in total. The lowest BCUT2D eigenvalue weighted by molar-refractivity contribution is 0.0955. The Morgan fingerprint density at radius 2 is 2.09 bits per heavy atom. The smallest absolute Gasteiger partial charge is 0.271 e. The highest BCUT2D eigenvalue weighted by molar-refractivity contribution is 6.32. The van der Waals surface area contributed by atoms with Crippen LogP contribution in [0.25, 0.3) is 0 Å². The first-order chi connectivity index (χ1) is 11.0. The number of hydrazone groups is 1. The summed E-state index contributed by atoms with van der Waals surface area (Å²) in [7, 11) is 0. The van der Waals surface area contributed by atoms with E-state index in [1.54, 1.807) is 37.3 Å². The second-order valence-electron chi connectivity index (χ2n) is 4.60. The van der Waals surface area contributed by atoms with Gasteiger partial charge in [0.2, 0.25) is 0 Å². The van der Waals surface area contributed by atoms with Crippen LogP contribution in [-0.4, -0.2) is 23.8 Å². The van der Waals surface area contributed by atoms with Gasteiger partial charge in [-0.2, -0.15) is 5.10 Å². The first-order valence-electron chi connectivity index (χ1n) is 6.85. The van der Waals surface area contributed by atoms with Gasteiger partial charge in [-0.3, -0.25) is 4.79 Å². The molecule has 0 fully saturated rings. The second-order valence-corrected chi connectivity index (χ2v) is 5.01. The Balaban J connectivity index is 2.08. The van der Waals surface area contributed by atoms with Crippen LogP contribution in [0.15, 0.2) is 41.5 Å². The summed E-state index contributed by atoms with van der Waals surface area (Å²) in [6.45, 7) is 2.18. The van der Waals surface area contributed by atoms with Crippen LogP contribution in [0, 0.1) is 0 Å². The molecule has 0 atom stereocenters. The summed E-state index contributed by atoms with van der Waals surface area (Å²) in [6.07, 6.45) is 1.41. The van der Waals surface area contributed by atoms with E-state index in [1.165, 1.54) is 12.3 Å². The summed E-state index contributed by atoms with van der Waals surface area (Å²) in [5.74, 6) is -0.237. The zero-order valence-electron chi connectivity index (χ0n) is 12.4. The predicted molar refractivity (Wildman–Crippen MR) is 90.2 cm³/mol. The van der Waals surface area contributed by atoms with Gasteiger partial charge in [0.1, 0.15) is 0 Å². The number of rotatable bonds is 5. The van der Waals surface area contributed by atoms with E-state index in [0.717, 1.165) is 0 Å². The van der Waals surface area contributed by atoms with Gasteiger partial charge in [0.25, 0.3) is 5.91 Å². The average molecular weight is 334 g/mol. The van der Waals surface area contributed by atoms with Gasteiger partial charge in [-0.25, -0.2) is 5.43 Å². The fourth-order valence-electron chi connectivity index (χ4n) is 1.80. The Labute approximate surface area is 138 Å². The first-order valence-corrected chi connectivity index (χ1v) is 7.23. The SMILES string of the molecule is CCOc1cc(/C=N\NC(=O)c2ccc(N)cc2)cc(Cl)c1O. The Bertz CT molecular complexity index is 730. The highest BCUT2D eigenvalue weighted by Crippen LogP contribution is 2.34. The summed E-state index contributed by atoms with van der Waals surface area (Å²) in [6, 6.07) is 9.55. The largest absolute Gasteiger partial charge is 0.503 e. The lowest BCUT2D eigenvalue weighted by atomic mass is 10.2. The summed E-state index contributed by atoms with van der Waals surface area (Å²) in [5.41, 5.74) is 9.55. The van der Waals surface area contributed by atoms with Crippen molar-refractivity contribution in [2.75, 3.05) is 12.3 Å². The molecular weight excluding hydrogens is 318 g/mol. The van der Waals surface area contributed by atoms with Crippen molar-refractivity contribution in [2.24, 2.45) is 5.10 Å². The van der Waals surface area contributed by atoms with E-state index in [0.29, 0.717) is 23.4 Å². The van der Waals surface area contributed by atoms with Crippen LogP contribution in [0.5, 0.6) is 11.5 Å². The number of aromatic hydroxyl groups is 1. The number of benzene rings is 2. The summed E-state index contributed by atoms with van der Waals surface area (Å²) in [4.78, 5) is 11.9. The number of nitrogens with zero attached hydrogens (tertiary/aromatic N) is 1. The zero-order chi connectivity index (χ0) is 16.8. The molecule has 0 aliphatic heterocycles. The second kappa shape index (κ2) is 7.51. The van der Waals surface area contributed by atoms with Crippen molar-refractivity contribution in [2.45, 2.75) is 6.92 Å². The molecule has 0 saturated carbocycles. The molecule has 0 unspecified atom stereocenters. The number of hydrogen-bond donors (Lipinski definition) is 3. The van der Waals surface area contributed by atoms with E-state index in [-0.39, 0.29) is 22.4 Å². The van der Waals surface area contributed by atoms with Gasteiger partial charge < -0.3 is 15.6 Å². The number of anilines is 1. The third-order valence-corrected chi connectivity index (χ3v) is 3.19. The Morgan fingerprint density at radius 3 is 2.74 bits per heavy atom. The first kappa shape index (κ1) is 16.6. The number of phenols is 1. The molecule has 0 aliphatic rings. The number of halogens is 1. The number of amides is 1. The topological polar surface area (TPSA) is 96.9 Å². The van der Waals surface area contributed by atoms with Crippen LogP contribution >= 0.6 is 11.6 Å². The molecule has 0 aliphatic carbocycles. The normalized spacial score (nSPS) is 10.7. The molecule has 120 valence electrons. The number of ether oxygens (including phenoxy) is 1.